The summed E-state index contributed by atoms with van der Waals surface area (Å²) in [5.41, 5.74) is 1.84. The first-order valence-electron chi connectivity index (χ1n) is 7.16. The van der Waals surface area contributed by atoms with Gasteiger partial charge in [0.15, 0.2) is 0 Å². The molecule has 1 aromatic carbocycles. The molecule has 4 nitrogen and oxygen atoms in total. The molecular weight excluding hydrogens is 252 g/mol. The lowest BCUT2D eigenvalue weighted by Gasteiger charge is -2.24. The zero-order valence-corrected chi connectivity index (χ0v) is 12.8. The molecule has 1 atom stereocenters. The van der Waals surface area contributed by atoms with E-state index in [0.717, 1.165) is 17.2 Å². The number of benzene rings is 1. The van der Waals surface area contributed by atoms with Crippen LogP contribution in [0.1, 0.15) is 25.3 Å². The Bertz CT molecular complexity index is 483. The van der Waals surface area contributed by atoms with Gasteiger partial charge in [0, 0.05) is 6.04 Å². The van der Waals surface area contributed by atoms with Gasteiger partial charge in [0.1, 0.15) is 5.75 Å². The summed E-state index contributed by atoms with van der Waals surface area (Å²) in [6.07, 6.45) is 2.58. The van der Waals surface area contributed by atoms with Gasteiger partial charge < -0.3 is 10.1 Å². The molecule has 1 unspecified atom stereocenters. The third kappa shape index (κ3) is 3.73. The Labute approximate surface area is 121 Å². The predicted molar refractivity (Wildman–Crippen MR) is 81.2 cm³/mol. The van der Waals surface area contributed by atoms with E-state index in [1.165, 1.54) is 12.8 Å². The van der Waals surface area contributed by atoms with Gasteiger partial charge in [-0.3, -0.25) is 9.69 Å². The fourth-order valence-electron chi connectivity index (χ4n) is 2.42. The number of anilines is 1. The first-order chi connectivity index (χ1) is 9.51. The van der Waals surface area contributed by atoms with Crippen molar-refractivity contribution in [3.8, 4) is 5.75 Å². The summed E-state index contributed by atoms with van der Waals surface area (Å²) in [7, 11) is 3.62. The molecule has 2 rings (SSSR count). The van der Waals surface area contributed by atoms with Gasteiger partial charge in [0.05, 0.1) is 19.3 Å². The monoisotopic (exact) mass is 276 g/mol. The number of aryl methyl sites for hydroxylation is 1. The lowest BCUT2D eigenvalue weighted by atomic mass is 10.2. The van der Waals surface area contributed by atoms with Crippen LogP contribution in [0, 0.1) is 12.8 Å². The number of hydrogen-bond acceptors (Lipinski definition) is 3. The van der Waals surface area contributed by atoms with Crippen LogP contribution in [0.15, 0.2) is 18.2 Å². The average molecular weight is 276 g/mol. The summed E-state index contributed by atoms with van der Waals surface area (Å²) in [6, 6.07) is 6.25. The van der Waals surface area contributed by atoms with E-state index in [-0.39, 0.29) is 5.91 Å². The number of methoxy groups -OCH3 is 1. The minimum Gasteiger partial charge on any atom is -0.495 e. The molecule has 0 heterocycles. The summed E-state index contributed by atoms with van der Waals surface area (Å²) < 4.78 is 5.27. The SMILES string of the molecule is COc1ccc(C)cc1NC(=O)CN(C)C(C)C1CC1. The molecule has 110 valence electrons. The highest BCUT2D eigenvalue weighted by Gasteiger charge is 2.31. The summed E-state index contributed by atoms with van der Waals surface area (Å²) in [6.45, 7) is 4.60. The number of amides is 1. The van der Waals surface area contributed by atoms with E-state index in [2.05, 4.69) is 17.1 Å². The Morgan fingerprint density at radius 2 is 2.20 bits per heavy atom. The van der Waals surface area contributed by atoms with E-state index in [1.54, 1.807) is 7.11 Å². The predicted octanol–water partition coefficient (Wildman–Crippen LogP) is 2.67. The van der Waals surface area contributed by atoms with E-state index < -0.39 is 0 Å². The van der Waals surface area contributed by atoms with Crippen molar-refractivity contribution in [2.45, 2.75) is 32.7 Å². The van der Waals surface area contributed by atoms with Gasteiger partial charge >= 0.3 is 0 Å². The first kappa shape index (κ1) is 14.9. The molecule has 4 heteroatoms. The van der Waals surface area contributed by atoms with E-state index in [4.69, 9.17) is 4.74 Å². The molecule has 1 saturated carbocycles. The number of carbonyl (C=O) groups excluding carboxylic acids is 1. The Morgan fingerprint density at radius 3 is 2.80 bits per heavy atom. The second-order valence-electron chi connectivity index (χ2n) is 5.75. The van der Waals surface area contributed by atoms with E-state index in [0.29, 0.717) is 18.3 Å². The summed E-state index contributed by atoms with van der Waals surface area (Å²) in [5.74, 6) is 1.46. The van der Waals surface area contributed by atoms with E-state index in [9.17, 15) is 4.79 Å². The minimum atomic E-state index is 0.00361. The number of nitrogens with zero attached hydrogens (tertiary/aromatic N) is 1. The Hall–Kier alpha value is -1.55. The quantitative estimate of drug-likeness (QED) is 0.868. The van der Waals surface area contributed by atoms with Crippen molar-refractivity contribution >= 4 is 11.6 Å². The minimum absolute atomic E-state index is 0.00361. The molecule has 1 N–H and O–H groups in total. The number of rotatable bonds is 6. The van der Waals surface area contributed by atoms with E-state index in [1.807, 2.05) is 32.2 Å². The van der Waals surface area contributed by atoms with Crippen molar-refractivity contribution in [1.29, 1.82) is 0 Å². The fraction of sp³-hybridized carbons (Fsp3) is 0.562. The van der Waals surface area contributed by atoms with Crippen LogP contribution >= 0.6 is 0 Å². The normalized spacial score (nSPS) is 16.1. The number of ether oxygens (including phenoxy) is 1. The van der Waals surface area contributed by atoms with Crippen molar-refractivity contribution in [2.24, 2.45) is 5.92 Å². The molecule has 0 aromatic heterocycles. The third-order valence-corrected chi connectivity index (χ3v) is 4.02. The van der Waals surface area contributed by atoms with Crippen molar-refractivity contribution in [2.75, 3.05) is 26.0 Å². The topological polar surface area (TPSA) is 41.6 Å². The van der Waals surface area contributed by atoms with Crippen LogP contribution < -0.4 is 10.1 Å². The Morgan fingerprint density at radius 1 is 1.50 bits per heavy atom. The zero-order chi connectivity index (χ0) is 14.7. The molecular formula is C16H24N2O2. The maximum absolute atomic E-state index is 12.1. The van der Waals surface area contributed by atoms with Gasteiger partial charge in [-0.25, -0.2) is 0 Å². The Kier molecular flexibility index (Phi) is 4.65. The number of nitrogens with one attached hydrogen (secondary N) is 1. The van der Waals surface area contributed by atoms with Crippen LogP contribution in [0.3, 0.4) is 0 Å². The van der Waals surface area contributed by atoms with Gasteiger partial charge in [-0.2, -0.15) is 0 Å². The lowest BCUT2D eigenvalue weighted by molar-refractivity contribution is -0.117. The average Bonchev–Trinajstić information content (AvgIpc) is 3.22. The largest absolute Gasteiger partial charge is 0.495 e. The van der Waals surface area contributed by atoms with Crippen molar-refractivity contribution < 1.29 is 9.53 Å². The van der Waals surface area contributed by atoms with Gasteiger partial charge in [0.2, 0.25) is 5.91 Å². The third-order valence-electron chi connectivity index (χ3n) is 4.02. The highest BCUT2D eigenvalue weighted by molar-refractivity contribution is 5.93. The van der Waals surface area contributed by atoms with Crippen LogP contribution in [-0.2, 0) is 4.79 Å². The fourth-order valence-corrected chi connectivity index (χ4v) is 2.42. The van der Waals surface area contributed by atoms with Crippen LogP contribution in [0.5, 0.6) is 5.75 Å². The molecule has 0 radical (unpaired) electrons. The number of likely N-dealkylation sites (N-methyl/N-ethyl adjacent to an activating group) is 1. The standard InChI is InChI=1S/C16H24N2O2/c1-11-5-8-15(20-4)14(9-11)17-16(19)10-18(3)12(2)13-6-7-13/h5,8-9,12-13H,6-7,10H2,1-4H3,(H,17,19). The van der Waals surface area contributed by atoms with Crippen LogP contribution in [0.25, 0.3) is 0 Å². The maximum Gasteiger partial charge on any atom is 0.238 e. The molecule has 1 fully saturated rings. The number of hydrogen-bond donors (Lipinski definition) is 1. The molecule has 1 aromatic rings. The molecule has 1 aliphatic carbocycles. The molecule has 0 saturated heterocycles. The van der Waals surface area contributed by atoms with Gasteiger partial charge in [-0.1, -0.05) is 6.07 Å². The highest BCUT2D eigenvalue weighted by atomic mass is 16.5. The second kappa shape index (κ2) is 6.27. The maximum atomic E-state index is 12.1. The summed E-state index contributed by atoms with van der Waals surface area (Å²) in [5, 5.41) is 2.94. The summed E-state index contributed by atoms with van der Waals surface area (Å²) in [4.78, 5) is 14.3. The molecule has 0 spiro atoms. The molecule has 1 aliphatic rings. The number of carbonyl (C=O) groups is 1. The summed E-state index contributed by atoms with van der Waals surface area (Å²) >= 11 is 0. The van der Waals surface area contributed by atoms with Crippen LogP contribution in [0.4, 0.5) is 5.69 Å². The first-order valence-corrected chi connectivity index (χ1v) is 7.16. The molecule has 1 amide bonds. The lowest BCUT2D eigenvalue weighted by Crippen LogP contribution is -2.37. The Balaban J connectivity index is 1.95. The van der Waals surface area contributed by atoms with Crippen LogP contribution in [-0.4, -0.2) is 37.6 Å². The van der Waals surface area contributed by atoms with Crippen molar-refractivity contribution in [1.82, 2.24) is 4.90 Å². The highest BCUT2D eigenvalue weighted by Crippen LogP contribution is 2.34. The van der Waals surface area contributed by atoms with Crippen molar-refractivity contribution in [3.63, 3.8) is 0 Å². The van der Waals surface area contributed by atoms with Gasteiger partial charge in [0.25, 0.3) is 0 Å². The van der Waals surface area contributed by atoms with Crippen LogP contribution in [0.2, 0.25) is 0 Å². The molecule has 0 bridgehead atoms. The second-order valence-corrected chi connectivity index (χ2v) is 5.75. The molecule has 20 heavy (non-hydrogen) atoms. The zero-order valence-electron chi connectivity index (χ0n) is 12.8. The van der Waals surface area contributed by atoms with Crippen molar-refractivity contribution in [3.05, 3.63) is 23.8 Å². The van der Waals surface area contributed by atoms with Gasteiger partial charge in [-0.05, 0) is 57.4 Å². The van der Waals surface area contributed by atoms with Gasteiger partial charge in [-0.15, -0.1) is 0 Å². The molecule has 0 aliphatic heterocycles. The smallest absolute Gasteiger partial charge is 0.238 e. The van der Waals surface area contributed by atoms with E-state index >= 15 is 0 Å².